The smallest absolute Gasteiger partial charge is 0.312 e. The van der Waals surface area contributed by atoms with Crippen LogP contribution in [0.15, 0.2) is 71.9 Å². The first kappa shape index (κ1) is 26.4. The Hall–Kier alpha value is -4.83. The number of hydrogen-bond donors (Lipinski definition) is 3. The van der Waals surface area contributed by atoms with Crippen molar-refractivity contribution >= 4 is 28.6 Å². The van der Waals surface area contributed by atoms with Gasteiger partial charge in [0.05, 0.1) is 11.4 Å². The predicted octanol–water partition coefficient (Wildman–Crippen LogP) is 4.77. The highest BCUT2D eigenvalue weighted by molar-refractivity contribution is 6.00. The minimum absolute atomic E-state index is 0.184. The fourth-order valence-corrected chi connectivity index (χ4v) is 5.09. The molecule has 3 N–H and O–H groups in total. The number of fused-ring (bicyclic) bond motifs is 2. The first-order valence-corrected chi connectivity index (χ1v) is 13.6. The zero-order valence-corrected chi connectivity index (χ0v) is 23.5. The number of amides is 2. The molecule has 0 saturated carbocycles. The van der Waals surface area contributed by atoms with Crippen LogP contribution in [0.5, 0.6) is 0 Å². The van der Waals surface area contributed by atoms with E-state index in [1.165, 1.54) is 22.0 Å². The number of nitrogens with zero attached hydrogens (tertiary/aromatic N) is 5. The fraction of sp³-hybridized carbons (Fsp3) is 0.258. The molecule has 5 aromatic rings. The molecule has 3 aromatic heterocycles. The summed E-state index contributed by atoms with van der Waals surface area (Å²) in [4.78, 5) is 34.6. The van der Waals surface area contributed by atoms with Gasteiger partial charge in [-0.15, -0.1) is 0 Å². The van der Waals surface area contributed by atoms with Crippen LogP contribution in [0.25, 0.3) is 27.8 Å². The van der Waals surface area contributed by atoms with Crippen LogP contribution in [0.1, 0.15) is 37.6 Å². The van der Waals surface area contributed by atoms with Gasteiger partial charge in [0.1, 0.15) is 17.8 Å². The van der Waals surface area contributed by atoms with Gasteiger partial charge in [0.15, 0.2) is 0 Å². The second-order valence-corrected chi connectivity index (χ2v) is 11.3. The lowest BCUT2D eigenvalue weighted by molar-refractivity contribution is 0.262. The molecular weight excluding hydrogens is 516 g/mol. The van der Waals surface area contributed by atoms with E-state index in [0.29, 0.717) is 28.3 Å². The van der Waals surface area contributed by atoms with Gasteiger partial charge in [0, 0.05) is 47.9 Å². The maximum atomic E-state index is 13.2. The van der Waals surface area contributed by atoms with Gasteiger partial charge in [-0.2, -0.15) is 5.10 Å². The summed E-state index contributed by atoms with van der Waals surface area (Å²) in [6, 6.07) is 16.8. The van der Waals surface area contributed by atoms with E-state index in [2.05, 4.69) is 58.8 Å². The molecule has 41 heavy (non-hydrogen) atoms. The lowest BCUT2D eigenvalue weighted by Gasteiger charge is -2.18. The maximum Gasteiger partial charge on any atom is 0.324 e. The second kappa shape index (κ2) is 10.3. The van der Waals surface area contributed by atoms with Crippen molar-refractivity contribution in [2.24, 2.45) is 7.05 Å². The Morgan fingerprint density at radius 1 is 1.02 bits per heavy atom. The molecule has 0 bridgehead atoms. The molecule has 10 heteroatoms. The molecule has 6 rings (SSSR count). The summed E-state index contributed by atoms with van der Waals surface area (Å²) in [6.45, 7) is 8.06. The monoisotopic (exact) mass is 548 g/mol. The number of aryl methyl sites for hydroxylation is 1. The van der Waals surface area contributed by atoms with Crippen molar-refractivity contribution in [2.75, 3.05) is 17.2 Å². The van der Waals surface area contributed by atoms with E-state index in [4.69, 9.17) is 5.10 Å². The summed E-state index contributed by atoms with van der Waals surface area (Å²) < 4.78 is 3.29. The molecule has 0 saturated heterocycles. The number of hydrogen-bond acceptors (Lipinski definition) is 6. The zero-order valence-electron chi connectivity index (χ0n) is 23.5. The van der Waals surface area contributed by atoms with Crippen LogP contribution in [-0.2, 0) is 25.4 Å². The van der Waals surface area contributed by atoms with Crippen molar-refractivity contribution < 1.29 is 4.79 Å². The van der Waals surface area contributed by atoms with Gasteiger partial charge >= 0.3 is 6.03 Å². The Bertz CT molecular complexity index is 1850. The van der Waals surface area contributed by atoms with Gasteiger partial charge in [0.2, 0.25) is 0 Å². The minimum Gasteiger partial charge on any atom is -0.312 e. The number of nitrogens with one attached hydrogen (secondary N) is 3. The molecule has 1 aliphatic heterocycles. The molecule has 0 atom stereocenters. The molecule has 0 aliphatic carbocycles. The predicted molar refractivity (Wildman–Crippen MR) is 161 cm³/mol. The summed E-state index contributed by atoms with van der Waals surface area (Å²) >= 11 is 0. The molecule has 0 fully saturated rings. The lowest BCUT2D eigenvalue weighted by Crippen LogP contribution is -2.24. The molecule has 1 aliphatic rings. The number of rotatable bonds is 4. The second-order valence-electron chi connectivity index (χ2n) is 11.3. The third kappa shape index (κ3) is 5.21. The van der Waals surface area contributed by atoms with Crippen molar-refractivity contribution in [2.45, 2.75) is 39.2 Å². The summed E-state index contributed by atoms with van der Waals surface area (Å²) in [7, 11) is 1.69. The van der Waals surface area contributed by atoms with Crippen LogP contribution in [0.3, 0.4) is 0 Å². The van der Waals surface area contributed by atoms with Gasteiger partial charge < -0.3 is 10.6 Å². The largest absolute Gasteiger partial charge is 0.324 e. The minimum atomic E-state index is -0.414. The fourth-order valence-electron chi connectivity index (χ4n) is 5.09. The Labute approximate surface area is 237 Å². The van der Waals surface area contributed by atoms with Crippen molar-refractivity contribution in [3.63, 3.8) is 0 Å². The third-order valence-corrected chi connectivity index (χ3v) is 7.34. The molecule has 0 radical (unpaired) electrons. The van der Waals surface area contributed by atoms with E-state index in [1.807, 2.05) is 18.2 Å². The Balaban J connectivity index is 1.29. The van der Waals surface area contributed by atoms with Crippen LogP contribution in [0.4, 0.5) is 16.3 Å². The molecule has 0 spiro atoms. The number of carbonyl (C=O) groups is 1. The molecule has 2 amide bonds. The highest BCUT2D eigenvalue weighted by atomic mass is 16.2. The highest BCUT2D eigenvalue weighted by Crippen LogP contribution is 2.28. The van der Waals surface area contributed by atoms with E-state index in [1.54, 1.807) is 42.2 Å². The average molecular weight is 549 g/mol. The normalized spacial score (nSPS) is 13.2. The number of anilines is 2. The van der Waals surface area contributed by atoms with Crippen LogP contribution >= 0.6 is 0 Å². The molecule has 0 unspecified atom stereocenters. The van der Waals surface area contributed by atoms with Crippen LogP contribution < -0.4 is 21.5 Å². The van der Waals surface area contributed by atoms with E-state index in [0.717, 1.165) is 36.3 Å². The van der Waals surface area contributed by atoms with Gasteiger partial charge in [-0.3, -0.25) is 14.7 Å². The quantitative estimate of drug-likeness (QED) is 0.298. The summed E-state index contributed by atoms with van der Waals surface area (Å²) in [5.74, 6) is 0.565. The van der Waals surface area contributed by atoms with Gasteiger partial charge in [-0.25, -0.2) is 19.4 Å². The first-order valence-electron chi connectivity index (χ1n) is 13.6. The van der Waals surface area contributed by atoms with Gasteiger partial charge in [-0.1, -0.05) is 39.0 Å². The molecule has 10 nitrogen and oxygen atoms in total. The van der Waals surface area contributed by atoms with Crippen molar-refractivity contribution in [1.82, 2.24) is 29.6 Å². The number of urea groups is 1. The number of benzene rings is 2. The highest BCUT2D eigenvalue weighted by Gasteiger charge is 2.22. The number of aromatic nitrogens is 5. The Kier molecular flexibility index (Phi) is 6.63. The number of carbonyl (C=O) groups excluding carboxylic acids is 1. The Morgan fingerprint density at radius 2 is 1.88 bits per heavy atom. The average Bonchev–Trinajstić information content (AvgIpc) is 3.39. The molecule has 4 heterocycles. The van der Waals surface area contributed by atoms with Gasteiger partial charge in [0.25, 0.3) is 5.56 Å². The van der Waals surface area contributed by atoms with E-state index < -0.39 is 6.03 Å². The van der Waals surface area contributed by atoms with Crippen LogP contribution in [0, 0.1) is 0 Å². The van der Waals surface area contributed by atoms with E-state index >= 15 is 0 Å². The van der Waals surface area contributed by atoms with Crippen LogP contribution in [0.2, 0.25) is 0 Å². The summed E-state index contributed by atoms with van der Waals surface area (Å²) in [5.41, 5.74) is 6.20. The first-order chi connectivity index (χ1) is 19.7. The van der Waals surface area contributed by atoms with Crippen molar-refractivity contribution in [3.8, 4) is 16.8 Å². The topological polar surface area (TPSA) is 119 Å². The standard InChI is InChI=1S/C31H32N8O2/c1-31(2,3)26-15-27(39(37-26)24-9-8-19-10-11-32-16-21(19)13-24)36-30(41)35-23-7-5-6-20(12-23)25-14-22-17-33-18-34-28(22)38(4)29(25)40/h5-9,12-15,17-18,32H,10-11,16H2,1-4H3,(H2,35,36,41). The molecular formula is C31H32N8O2. The molecule has 208 valence electrons. The molecule has 2 aromatic carbocycles. The van der Waals surface area contributed by atoms with E-state index in [-0.39, 0.29) is 11.0 Å². The van der Waals surface area contributed by atoms with Crippen molar-refractivity contribution in [1.29, 1.82) is 0 Å². The Morgan fingerprint density at radius 3 is 2.71 bits per heavy atom. The SMILES string of the molecule is Cn1c(=O)c(-c2cccc(NC(=O)Nc3cc(C(C)(C)C)nn3-c3ccc4c(c3)CNCC4)c2)cc2cncnc21. The lowest BCUT2D eigenvalue weighted by atomic mass is 9.92. The summed E-state index contributed by atoms with van der Waals surface area (Å²) in [5, 5.41) is 14.9. The third-order valence-electron chi connectivity index (χ3n) is 7.34. The summed E-state index contributed by atoms with van der Waals surface area (Å²) in [6.07, 6.45) is 4.09. The van der Waals surface area contributed by atoms with Crippen LogP contribution in [-0.4, -0.2) is 36.9 Å². The van der Waals surface area contributed by atoms with Gasteiger partial charge in [-0.05, 0) is 60.0 Å². The van der Waals surface area contributed by atoms with Crippen molar-refractivity contribution in [3.05, 3.63) is 94.3 Å². The van der Waals surface area contributed by atoms with E-state index in [9.17, 15) is 9.59 Å². The maximum absolute atomic E-state index is 13.2. The zero-order chi connectivity index (χ0) is 28.7. The number of pyridine rings is 1.